The molecule has 1 fully saturated rings. The highest BCUT2D eigenvalue weighted by atomic mass is 35.5. The van der Waals surface area contributed by atoms with Crippen LogP contribution in [-0.4, -0.2) is 58.6 Å². The Balaban J connectivity index is 0.00000338. The minimum Gasteiger partial charge on any atom is -0.493 e. The predicted molar refractivity (Wildman–Crippen MR) is 103 cm³/mol. The van der Waals surface area contributed by atoms with E-state index >= 15 is 0 Å². The Kier molecular flexibility index (Phi) is 11.2. The molecule has 1 aliphatic heterocycles. The smallest absolute Gasteiger partial charge is 0.389 e. The Morgan fingerprint density at radius 2 is 1.52 bits per heavy atom. The van der Waals surface area contributed by atoms with E-state index in [-0.39, 0.29) is 37.3 Å². The molecule has 1 aromatic carbocycles. The molecule has 1 N–H and O–H groups in total. The molecule has 1 aliphatic rings. The molecule has 5 nitrogen and oxygen atoms in total. The van der Waals surface area contributed by atoms with Gasteiger partial charge in [0.15, 0.2) is 11.5 Å². The van der Waals surface area contributed by atoms with E-state index in [2.05, 4.69) is 10.2 Å². The van der Waals surface area contributed by atoms with E-state index < -0.39 is 12.6 Å². The van der Waals surface area contributed by atoms with Crippen molar-refractivity contribution in [3.8, 4) is 17.2 Å². The Morgan fingerprint density at radius 3 is 1.93 bits per heavy atom. The first-order valence-electron chi connectivity index (χ1n) is 8.21. The van der Waals surface area contributed by atoms with Gasteiger partial charge in [-0.15, -0.1) is 24.8 Å². The zero-order chi connectivity index (χ0) is 18.4. The van der Waals surface area contributed by atoms with Crippen molar-refractivity contribution >= 4 is 24.8 Å². The zero-order valence-electron chi connectivity index (χ0n) is 15.6. The van der Waals surface area contributed by atoms with E-state index in [1.807, 2.05) is 0 Å². The Labute approximate surface area is 170 Å². The van der Waals surface area contributed by atoms with Gasteiger partial charge in [-0.05, 0) is 24.1 Å². The van der Waals surface area contributed by atoms with Gasteiger partial charge in [-0.2, -0.15) is 13.2 Å². The Morgan fingerprint density at radius 1 is 1.00 bits per heavy atom. The maximum atomic E-state index is 12.8. The first-order chi connectivity index (χ1) is 11.9. The second kappa shape index (κ2) is 11.7. The van der Waals surface area contributed by atoms with Crippen LogP contribution in [0.15, 0.2) is 12.1 Å². The van der Waals surface area contributed by atoms with Crippen LogP contribution in [0.5, 0.6) is 17.2 Å². The summed E-state index contributed by atoms with van der Waals surface area (Å²) in [6.45, 7) is 2.90. The first kappa shape index (κ1) is 25.9. The fraction of sp³-hybridized carbons (Fsp3) is 0.647. The molecule has 0 saturated carbocycles. The maximum absolute atomic E-state index is 12.8. The standard InChI is InChI=1S/C17H25F3N2O3.2ClH/c1-23-14-10-12(11-15(24-2)16(14)25-3)13(4-5-17(18,19)20)22-8-6-21-7-9-22;;/h10-11,13,21H,4-9H2,1-3H3;2*1H/t13-;;/m1../s1. The van der Waals surface area contributed by atoms with Crippen molar-refractivity contribution in [1.29, 1.82) is 0 Å². The Hall–Kier alpha value is -1.09. The second-order valence-electron chi connectivity index (χ2n) is 5.91. The molecule has 1 aromatic rings. The predicted octanol–water partition coefficient (Wildman–Crippen LogP) is 3.84. The fourth-order valence-electron chi connectivity index (χ4n) is 3.15. The van der Waals surface area contributed by atoms with Gasteiger partial charge in [0.05, 0.1) is 21.3 Å². The van der Waals surface area contributed by atoms with Crippen LogP contribution in [0.4, 0.5) is 13.2 Å². The molecule has 1 saturated heterocycles. The lowest BCUT2D eigenvalue weighted by Gasteiger charge is -2.36. The summed E-state index contributed by atoms with van der Waals surface area (Å²) in [6, 6.07) is 3.12. The summed E-state index contributed by atoms with van der Waals surface area (Å²) in [4.78, 5) is 2.07. The average Bonchev–Trinajstić information content (AvgIpc) is 2.60. The van der Waals surface area contributed by atoms with Crippen LogP contribution in [0.3, 0.4) is 0 Å². The summed E-state index contributed by atoms with van der Waals surface area (Å²) in [5, 5.41) is 3.22. The largest absolute Gasteiger partial charge is 0.493 e. The maximum Gasteiger partial charge on any atom is 0.389 e. The van der Waals surface area contributed by atoms with E-state index in [1.54, 1.807) is 12.1 Å². The molecule has 27 heavy (non-hydrogen) atoms. The van der Waals surface area contributed by atoms with Gasteiger partial charge in [0.2, 0.25) is 5.75 Å². The van der Waals surface area contributed by atoms with Crippen LogP contribution in [0, 0.1) is 0 Å². The fourth-order valence-corrected chi connectivity index (χ4v) is 3.15. The SMILES string of the molecule is COc1cc([C@@H](CCC(F)(F)F)N2CCNCC2)cc(OC)c1OC.Cl.Cl. The quantitative estimate of drug-likeness (QED) is 0.705. The number of benzene rings is 1. The van der Waals surface area contributed by atoms with Crippen LogP contribution < -0.4 is 19.5 Å². The van der Waals surface area contributed by atoms with E-state index in [1.165, 1.54) is 21.3 Å². The topological polar surface area (TPSA) is 43.0 Å². The second-order valence-corrected chi connectivity index (χ2v) is 5.91. The molecule has 0 aliphatic carbocycles. The number of rotatable bonds is 7. The molecule has 0 unspecified atom stereocenters. The summed E-state index contributed by atoms with van der Waals surface area (Å²) < 4.78 is 54.4. The van der Waals surface area contributed by atoms with Crippen molar-refractivity contribution in [2.75, 3.05) is 47.5 Å². The molecule has 1 atom stereocenters. The molecule has 1 heterocycles. The Bertz CT molecular complexity index is 546. The first-order valence-corrected chi connectivity index (χ1v) is 8.21. The summed E-state index contributed by atoms with van der Waals surface area (Å²) in [5.41, 5.74) is 0.737. The summed E-state index contributed by atoms with van der Waals surface area (Å²) in [6.07, 6.45) is -5.03. The number of hydrogen-bond donors (Lipinski definition) is 1. The molecular formula is C17H27Cl2F3N2O3. The number of alkyl halides is 3. The van der Waals surface area contributed by atoms with Gasteiger partial charge in [-0.3, -0.25) is 4.90 Å². The molecule has 0 aromatic heterocycles. The lowest BCUT2D eigenvalue weighted by atomic mass is 9.98. The van der Waals surface area contributed by atoms with Crippen molar-refractivity contribution in [2.45, 2.75) is 25.1 Å². The van der Waals surface area contributed by atoms with Crippen LogP contribution in [0.25, 0.3) is 0 Å². The third kappa shape index (κ3) is 7.10. The average molecular weight is 435 g/mol. The summed E-state index contributed by atoms with van der Waals surface area (Å²) in [7, 11) is 4.49. The van der Waals surface area contributed by atoms with Crippen LogP contribution >= 0.6 is 24.8 Å². The molecule has 0 spiro atoms. The van der Waals surface area contributed by atoms with Gasteiger partial charge in [0.25, 0.3) is 0 Å². The zero-order valence-corrected chi connectivity index (χ0v) is 17.2. The highest BCUT2D eigenvalue weighted by molar-refractivity contribution is 5.85. The highest BCUT2D eigenvalue weighted by Crippen LogP contribution is 2.42. The van der Waals surface area contributed by atoms with Gasteiger partial charge in [0.1, 0.15) is 0 Å². The van der Waals surface area contributed by atoms with Crippen molar-refractivity contribution < 1.29 is 27.4 Å². The third-order valence-corrected chi connectivity index (χ3v) is 4.37. The molecule has 158 valence electrons. The number of ether oxygens (including phenoxy) is 3. The van der Waals surface area contributed by atoms with Crippen molar-refractivity contribution in [3.05, 3.63) is 17.7 Å². The van der Waals surface area contributed by atoms with Gasteiger partial charge < -0.3 is 19.5 Å². The van der Waals surface area contributed by atoms with Crippen molar-refractivity contribution in [2.24, 2.45) is 0 Å². The molecule has 0 bridgehead atoms. The summed E-state index contributed by atoms with van der Waals surface area (Å²) in [5.74, 6) is 1.33. The minimum absolute atomic E-state index is 0. The number of hydrogen-bond acceptors (Lipinski definition) is 5. The van der Waals surface area contributed by atoms with E-state index in [0.717, 1.165) is 18.7 Å². The molecule has 2 rings (SSSR count). The lowest BCUT2D eigenvalue weighted by molar-refractivity contribution is -0.138. The van der Waals surface area contributed by atoms with Crippen molar-refractivity contribution in [1.82, 2.24) is 10.2 Å². The van der Waals surface area contributed by atoms with Crippen LogP contribution in [0.1, 0.15) is 24.4 Å². The highest BCUT2D eigenvalue weighted by Gasteiger charge is 2.32. The minimum atomic E-state index is -4.19. The normalized spacial score (nSPS) is 15.9. The monoisotopic (exact) mass is 434 g/mol. The van der Waals surface area contributed by atoms with Gasteiger partial charge in [-0.1, -0.05) is 0 Å². The molecular weight excluding hydrogens is 408 g/mol. The summed E-state index contributed by atoms with van der Waals surface area (Å²) >= 11 is 0. The number of nitrogens with zero attached hydrogens (tertiary/aromatic N) is 1. The number of methoxy groups -OCH3 is 3. The van der Waals surface area contributed by atoms with Crippen LogP contribution in [-0.2, 0) is 0 Å². The van der Waals surface area contributed by atoms with Gasteiger partial charge in [0, 0.05) is 38.6 Å². The van der Waals surface area contributed by atoms with Gasteiger partial charge in [-0.25, -0.2) is 0 Å². The van der Waals surface area contributed by atoms with Gasteiger partial charge >= 0.3 is 6.18 Å². The number of halogens is 5. The van der Waals surface area contributed by atoms with Crippen LogP contribution in [0.2, 0.25) is 0 Å². The van der Waals surface area contributed by atoms with E-state index in [9.17, 15) is 13.2 Å². The molecule has 0 amide bonds. The number of piperazine rings is 1. The molecule has 0 radical (unpaired) electrons. The van der Waals surface area contributed by atoms with Crippen molar-refractivity contribution in [3.63, 3.8) is 0 Å². The third-order valence-electron chi connectivity index (χ3n) is 4.37. The lowest BCUT2D eigenvalue weighted by Crippen LogP contribution is -2.45. The van der Waals surface area contributed by atoms with E-state index in [0.29, 0.717) is 30.3 Å². The van der Waals surface area contributed by atoms with E-state index in [4.69, 9.17) is 14.2 Å². The molecule has 10 heteroatoms. The number of nitrogens with one attached hydrogen (secondary N) is 1.